The van der Waals surface area contributed by atoms with Crippen molar-refractivity contribution in [3.05, 3.63) is 45.6 Å². The van der Waals surface area contributed by atoms with E-state index < -0.39 is 7.81 Å². The Bertz CT molecular complexity index is 626. The van der Waals surface area contributed by atoms with Crippen LogP contribution in [0.25, 0.3) is 16.0 Å². The van der Waals surface area contributed by atoms with Gasteiger partial charge in [-0.25, -0.2) is 0 Å². The van der Waals surface area contributed by atoms with E-state index in [0.29, 0.717) is 26.2 Å². The van der Waals surface area contributed by atoms with E-state index in [2.05, 4.69) is 4.98 Å². The van der Waals surface area contributed by atoms with Crippen LogP contribution >= 0.6 is 7.81 Å². The maximum absolute atomic E-state index is 10.7. The molecule has 1 aromatic heterocycles. The molecule has 0 saturated carbocycles. The molecule has 0 aliphatic carbocycles. The van der Waals surface area contributed by atoms with Gasteiger partial charge in [0.2, 0.25) is 0 Å². The molecule has 187 valence electrons. The van der Waals surface area contributed by atoms with Gasteiger partial charge in [0.1, 0.15) is 0 Å². The molecule has 0 amide bonds. The minimum absolute atomic E-state index is 0. The summed E-state index contributed by atoms with van der Waals surface area (Å²) in [5.41, 5.74) is 37.9. The van der Waals surface area contributed by atoms with Gasteiger partial charge in [-0.3, -0.25) is 9.90 Å². The minimum Gasteiger partial charge on any atom is -1.00 e. The zero-order chi connectivity index (χ0) is 22.9. The van der Waals surface area contributed by atoms with E-state index in [1.807, 2.05) is 32.0 Å². The Morgan fingerprint density at radius 2 is 1.03 bits per heavy atom. The van der Waals surface area contributed by atoms with Crippen LogP contribution in [0.1, 0.15) is 25.2 Å². The summed E-state index contributed by atoms with van der Waals surface area (Å²) < 4.78 is 59.2. The average molecular weight is 592 g/mol. The second-order valence-corrected chi connectivity index (χ2v) is 8.31. The van der Waals surface area contributed by atoms with Crippen molar-refractivity contribution in [3.63, 3.8) is 0 Å². The van der Waals surface area contributed by atoms with Crippen LogP contribution < -0.4 is 39.9 Å². The summed E-state index contributed by atoms with van der Waals surface area (Å²) in [6.45, 7) is 5.87. The normalized spacial score (nSPS) is 12.9. The second-order valence-electron chi connectivity index (χ2n) is 6.39. The Morgan fingerprint density at radius 1 is 0.839 bits per heavy atom. The van der Waals surface area contributed by atoms with E-state index in [4.69, 9.17) is 34.0 Å². The number of nitrogens with two attached hydrogens (primary N) is 4. The van der Waals surface area contributed by atoms with Crippen LogP contribution in [0.5, 0.6) is 0 Å². The molecule has 1 rings (SSSR count). The van der Waals surface area contributed by atoms with Crippen LogP contribution in [0.15, 0.2) is 18.2 Å². The predicted molar refractivity (Wildman–Crippen MR) is 102 cm³/mol. The first-order chi connectivity index (χ1) is 12.3. The summed E-state index contributed by atoms with van der Waals surface area (Å²) in [6.07, 6.45) is 0. The molecule has 0 aliphatic heterocycles. The van der Waals surface area contributed by atoms with Gasteiger partial charge in [0.05, 0.1) is 0 Å². The smallest absolute Gasteiger partial charge is 1.00 e. The average Bonchev–Trinajstić information content (AvgIpc) is 2.58. The third-order valence-corrected chi connectivity index (χ3v) is 3.79. The third kappa shape index (κ3) is 19.7. The van der Waals surface area contributed by atoms with Gasteiger partial charge in [0.15, 0.2) is 0 Å². The molecule has 0 unspecified atom stereocenters. The zero-order valence-corrected chi connectivity index (χ0v) is 20.2. The third-order valence-electron chi connectivity index (χ3n) is 3.79. The largest absolute Gasteiger partial charge is 3.00 e. The van der Waals surface area contributed by atoms with Crippen molar-refractivity contribution >= 4 is 7.81 Å². The van der Waals surface area contributed by atoms with Crippen LogP contribution in [0.3, 0.4) is 0 Å². The molecule has 0 aromatic carbocycles. The SMILES string of the molecule is CC(CN)(CN)c1cccc(C(C)(CN)CN)n1.F[P-](F)(F)(F)(F)F.O.[Br-].[Fe+3].[N-]=[N+]=[N-]. The van der Waals surface area contributed by atoms with Crippen molar-refractivity contribution in [1.29, 1.82) is 0 Å². The number of nitrogens with zero attached hydrogens (tertiary/aromatic N) is 4. The van der Waals surface area contributed by atoms with E-state index in [9.17, 15) is 25.2 Å². The van der Waals surface area contributed by atoms with Crippen LogP contribution in [-0.4, -0.2) is 36.6 Å². The maximum Gasteiger partial charge on any atom is 3.00 e. The van der Waals surface area contributed by atoms with Crippen molar-refractivity contribution < 1.29 is 64.7 Å². The topological polar surface area (TPSA) is 207 Å². The molecule has 0 atom stereocenters. The Morgan fingerprint density at radius 3 is 1.19 bits per heavy atom. The van der Waals surface area contributed by atoms with E-state index in [1.54, 1.807) is 0 Å². The molecular formula is C13H27BrF6FeN8OP. The molecule has 1 heterocycles. The molecular weight excluding hydrogens is 565 g/mol. The summed E-state index contributed by atoms with van der Waals surface area (Å²) in [6, 6.07) is 5.87. The van der Waals surface area contributed by atoms with Crippen molar-refractivity contribution in [1.82, 2.24) is 4.98 Å². The fourth-order valence-electron chi connectivity index (χ4n) is 1.69. The van der Waals surface area contributed by atoms with Crippen LogP contribution in [0, 0.1) is 0 Å². The summed E-state index contributed by atoms with van der Waals surface area (Å²) >= 11 is 0. The first kappa shape index (κ1) is 40.6. The Kier molecular flexibility index (Phi) is 18.0. The van der Waals surface area contributed by atoms with Gasteiger partial charge in [0, 0.05) is 48.4 Å². The number of hydrogen-bond acceptors (Lipinski definition) is 5. The summed E-state index contributed by atoms with van der Waals surface area (Å²) in [7, 11) is -10.7. The maximum atomic E-state index is 9.87. The molecule has 0 bridgehead atoms. The summed E-state index contributed by atoms with van der Waals surface area (Å²) in [5, 5.41) is 0. The molecule has 0 aliphatic rings. The second kappa shape index (κ2) is 13.7. The number of pyridine rings is 1. The van der Waals surface area contributed by atoms with Crippen molar-refractivity contribution in [2.75, 3.05) is 26.2 Å². The van der Waals surface area contributed by atoms with Gasteiger partial charge in [0.25, 0.3) is 0 Å². The van der Waals surface area contributed by atoms with Gasteiger partial charge < -0.3 is 56.5 Å². The van der Waals surface area contributed by atoms with Gasteiger partial charge in [-0.15, -0.1) is 0 Å². The predicted octanol–water partition coefficient (Wildman–Crippen LogP) is -0.143. The van der Waals surface area contributed by atoms with Gasteiger partial charge in [-0.05, 0) is 12.1 Å². The molecule has 0 spiro atoms. The van der Waals surface area contributed by atoms with Crippen molar-refractivity contribution in [2.45, 2.75) is 24.7 Å². The molecule has 18 heteroatoms. The molecule has 0 saturated heterocycles. The molecule has 10 N–H and O–H groups in total. The standard InChI is InChI=1S/C13H25N5.BrH.F6P.Fe.N3.H2O/c1-12(6-14,7-15)10-4-3-5-11(18-10)13(2,8-16)9-17;;1-7(2,3,4,5)6;;1-3-2;/h3-5H,6-9,14-17H2,1-2H3;1H;;;;1H2/q;;-1;+3;-1;/p-1. The summed E-state index contributed by atoms with van der Waals surface area (Å²) in [5.74, 6) is 0. The molecule has 1 radical (unpaired) electrons. The number of halogens is 7. The fraction of sp³-hybridized carbons (Fsp3) is 0.615. The molecule has 0 fully saturated rings. The number of hydrogen-bond donors (Lipinski definition) is 4. The first-order valence-electron chi connectivity index (χ1n) is 7.65. The fourth-order valence-corrected chi connectivity index (χ4v) is 1.69. The van der Waals surface area contributed by atoms with Crippen LogP contribution in [0.4, 0.5) is 25.2 Å². The van der Waals surface area contributed by atoms with Gasteiger partial charge in [-0.1, -0.05) is 19.9 Å². The van der Waals surface area contributed by atoms with E-state index >= 15 is 0 Å². The van der Waals surface area contributed by atoms with E-state index in [-0.39, 0.29) is 50.4 Å². The number of rotatable bonds is 6. The summed E-state index contributed by atoms with van der Waals surface area (Å²) in [4.78, 5) is 6.18. The van der Waals surface area contributed by atoms with Crippen LogP contribution in [-0.2, 0) is 27.9 Å². The van der Waals surface area contributed by atoms with Gasteiger partial charge >= 0.3 is 50.1 Å². The Hall–Kier alpha value is -0.731. The molecule has 9 nitrogen and oxygen atoms in total. The zero-order valence-electron chi connectivity index (χ0n) is 16.6. The molecule has 31 heavy (non-hydrogen) atoms. The molecule has 1 aromatic rings. The first-order valence-corrected chi connectivity index (χ1v) is 9.68. The van der Waals surface area contributed by atoms with E-state index in [1.165, 1.54) is 4.91 Å². The quantitative estimate of drug-likeness (QED) is 0.0886. The number of aromatic nitrogens is 1. The minimum atomic E-state index is -10.7. The van der Waals surface area contributed by atoms with Crippen LogP contribution in [0.2, 0.25) is 0 Å². The van der Waals surface area contributed by atoms with Gasteiger partial charge in [-0.2, -0.15) is 0 Å². The Labute approximate surface area is 196 Å². The van der Waals surface area contributed by atoms with Crippen molar-refractivity contribution in [3.8, 4) is 0 Å². The van der Waals surface area contributed by atoms with E-state index in [0.717, 1.165) is 11.4 Å². The Balaban J connectivity index is -0.000000148. The monoisotopic (exact) mass is 591 g/mol. The van der Waals surface area contributed by atoms with Crippen molar-refractivity contribution in [2.24, 2.45) is 22.9 Å².